The average Bonchev–Trinajstić information content (AvgIpc) is 2.75. The van der Waals surface area contributed by atoms with Gasteiger partial charge < -0.3 is 14.4 Å². The van der Waals surface area contributed by atoms with Gasteiger partial charge in [0.2, 0.25) is 0 Å². The van der Waals surface area contributed by atoms with Gasteiger partial charge in [0, 0.05) is 24.7 Å². The molecule has 3 aromatic carbocycles. The Morgan fingerprint density at radius 3 is 2.30 bits per heavy atom. The lowest BCUT2D eigenvalue weighted by Crippen LogP contribution is -2.37. The van der Waals surface area contributed by atoms with Crippen molar-refractivity contribution in [3.05, 3.63) is 82.7 Å². The Labute approximate surface area is 175 Å². The van der Waals surface area contributed by atoms with Crippen LogP contribution in [-0.2, 0) is 13.0 Å². The third-order valence-electron chi connectivity index (χ3n) is 5.59. The molecule has 0 radical (unpaired) electrons. The molecule has 5 heteroatoms. The smallest absolute Gasteiger partial charge is 0.254 e. The van der Waals surface area contributed by atoms with Crippen LogP contribution in [0.25, 0.3) is 11.1 Å². The number of hydrogen-bond donors (Lipinski definition) is 0. The number of ether oxygens (including phenoxy) is 2. The van der Waals surface area contributed by atoms with Crippen LogP contribution >= 0.6 is 0 Å². The molecule has 4 nitrogen and oxygen atoms in total. The SMILES string of the molecule is COc1cc(CN2CCc3c(cccc3-c3ccc(F)cc3C)C2=O)cc(OC)c1. The highest BCUT2D eigenvalue weighted by Crippen LogP contribution is 2.33. The molecule has 1 aliphatic heterocycles. The van der Waals surface area contributed by atoms with Gasteiger partial charge in [-0.3, -0.25) is 4.79 Å². The standard InChI is InChI=1S/C25H24FNO3/c1-16-11-18(26)7-8-21(16)22-5-4-6-24-23(22)9-10-27(25(24)28)15-17-12-19(29-2)14-20(13-17)30-3/h4-8,11-14H,9-10,15H2,1-3H3. The van der Waals surface area contributed by atoms with Crippen molar-refractivity contribution >= 4 is 5.91 Å². The van der Waals surface area contributed by atoms with Crippen molar-refractivity contribution in [3.8, 4) is 22.6 Å². The lowest BCUT2D eigenvalue weighted by atomic mass is 9.88. The number of methoxy groups -OCH3 is 2. The molecular formula is C25H24FNO3. The summed E-state index contributed by atoms with van der Waals surface area (Å²) in [6.07, 6.45) is 0.745. The molecule has 0 bridgehead atoms. The summed E-state index contributed by atoms with van der Waals surface area (Å²) in [5.74, 6) is 1.14. The quantitative estimate of drug-likeness (QED) is 0.599. The second-order valence-corrected chi connectivity index (χ2v) is 7.49. The lowest BCUT2D eigenvalue weighted by Gasteiger charge is -2.30. The van der Waals surface area contributed by atoms with Crippen LogP contribution in [0.3, 0.4) is 0 Å². The van der Waals surface area contributed by atoms with E-state index in [0.29, 0.717) is 30.2 Å². The maximum Gasteiger partial charge on any atom is 0.254 e. The fourth-order valence-electron chi connectivity index (χ4n) is 4.09. The summed E-state index contributed by atoms with van der Waals surface area (Å²) in [5, 5.41) is 0. The number of benzene rings is 3. The molecule has 0 aromatic heterocycles. The summed E-state index contributed by atoms with van der Waals surface area (Å²) in [6.45, 7) is 2.99. The minimum Gasteiger partial charge on any atom is -0.497 e. The number of halogens is 1. The Kier molecular flexibility index (Phi) is 5.44. The first-order chi connectivity index (χ1) is 14.5. The molecule has 1 aliphatic rings. The highest BCUT2D eigenvalue weighted by atomic mass is 19.1. The summed E-state index contributed by atoms with van der Waals surface area (Å²) < 4.78 is 24.2. The summed E-state index contributed by atoms with van der Waals surface area (Å²) in [5.41, 5.74) is 5.51. The number of rotatable bonds is 5. The molecular weight excluding hydrogens is 381 g/mol. The largest absolute Gasteiger partial charge is 0.497 e. The normalized spacial score (nSPS) is 13.2. The van der Waals surface area contributed by atoms with Crippen LogP contribution in [0.2, 0.25) is 0 Å². The number of aryl methyl sites for hydroxylation is 1. The van der Waals surface area contributed by atoms with Crippen LogP contribution in [0.5, 0.6) is 11.5 Å². The molecule has 1 amide bonds. The van der Waals surface area contributed by atoms with Crippen molar-refractivity contribution in [2.24, 2.45) is 0 Å². The van der Waals surface area contributed by atoms with Crippen LogP contribution in [0, 0.1) is 12.7 Å². The van der Waals surface area contributed by atoms with E-state index in [0.717, 1.165) is 34.2 Å². The molecule has 0 aliphatic carbocycles. The van der Waals surface area contributed by atoms with Gasteiger partial charge in [-0.15, -0.1) is 0 Å². The first-order valence-electron chi connectivity index (χ1n) is 9.90. The molecule has 0 fully saturated rings. The number of nitrogens with zero attached hydrogens (tertiary/aromatic N) is 1. The Morgan fingerprint density at radius 2 is 1.63 bits per heavy atom. The predicted molar refractivity (Wildman–Crippen MR) is 115 cm³/mol. The fourth-order valence-corrected chi connectivity index (χ4v) is 4.09. The molecule has 1 heterocycles. The molecule has 3 aromatic rings. The minimum atomic E-state index is -0.253. The van der Waals surface area contributed by atoms with E-state index in [2.05, 4.69) is 0 Å². The highest BCUT2D eigenvalue weighted by Gasteiger charge is 2.27. The lowest BCUT2D eigenvalue weighted by molar-refractivity contribution is 0.0727. The van der Waals surface area contributed by atoms with E-state index in [-0.39, 0.29) is 11.7 Å². The van der Waals surface area contributed by atoms with E-state index in [1.54, 1.807) is 20.3 Å². The van der Waals surface area contributed by atoms with Crippen molar-refractivity contribution in [1.82, 2.24) is 4.90 Å². The van der Waals surface area contributed by atoms with Crippen LogP contribution in [-0.4, -0.2) is 31.6 Å². The van der Waals surface area contributed by atoms with E-state index in [1.165, 1.54) is 12.1 Å². The fraction of sp³-hybridized carbons (Fsp3) is 0.240. The van der Waals surface area contributed by atoms with Gasteiger partial charge in [-0.2, -0.15) is 0 Å². The molecule has 0 unspecified atom stereocenters. The van der Waals surface area contributed by atoms with Crippen molar-refractivity contribution in [2.75, 3.05) is 20.8 Å². The molecule has 0 spiro atoms. The highest BCUT2D eigenvalue weighted by molar-refractivity contribution is 5.99. The number of amides is 1. The number of carbonyl (C=O) groups is 1. The van der Waals surface area contributed by atoms with Crippen LogP contribution in [0.4, 0.5) is 4.39 Å². The number of fused-ring (bicyclic) bond motifs is 1. The van der Waals surface area contributed by atoms with Gasteiger partial charge in [0.05, 0.1) is 14.2 Å². The summed E-state index contributed by atoms with van der Waals surface area (Å²) in [6, 6.07) is 16.2. The van der Waals surface area contributed by atoms with Gasteiger partial charge in [-0.05, 0) is 71.5 Å². The third kappa shape index (κ3) is 3.75. The molecule has 30 heavy (non-hydrogen) atoms. The Balaban J connectivity index is 1.65. The van der Waals surface area contributed by atoms with Crippen molar-refractivity contribution in [1.29, 1.82) is 0 Å². The van der Waals surface area contributed by atoms with Gasteiger partial charge in [0.1, 0.15) is 17.3 Å². The van der Waals surface area contributed by atoms with E-state index in [9.17, 15) is 9.18 Å². The van der Waals surface area contributed by atoms with Crippen molar-refractivity contribution in [3.63, 3.8) is 0 Å². The zero-order chi connectivity index (χ0) is 21.3. The molecule has 154 valence electrons. The molecule has 0 atom stereocenters. The van der Waals surface area contributed by atoms with E-state index in [1.807, 2.05) is 48.2 Å². The molecule has 0 N–H and O–H groups in total. The van der Waals surface area contributed by atoms with Crippen LogP contribution in [0.15, 0.2) is 54.6 Å². The maximum atomic E-state index is 13.6. The van der Waals surface area contributed by atoms with Crippen LogP contribution < -0.4 is 9.47 Å². The maximum absolute atomic E-state index is 13.6. The summed E-state index contributed by atoms with van der Waals surface area (Å²) >= 11 is 0. The van der Waals surface area contributed by atoms with Gasteiger partial charge in [-0.25, -0.2) is 4.39 Å². The first-order valence-corrected chi connectivity index (χ1v) is 9.90. The van der Waals surface area contributed by atoms with Crippen LogP contribution in [0.1, 0.15) is 27.0 Å². The Morgan fingerprint density at radius 1 is 0.933 bits per heavy atom. The van der Waals surface area contributed by atoms with E-state index >= 15 is 0 Å². The molecule has 4 rings (SSSR count). The van der Waals surface area contributed by atoms with Crippen molar-refractivity contribution in [2.45, 2.75) is 19.9 Å². The van der Waals surface area contributed by atoms with E-state index in [4.69, 9.17) is 9.47 Å². The number of hydrogen-bond acceptors (Lipinski definition) is 3. The summed E-state index contributed by atoms with van der Waals surface area (Å²) in [4.78, 5) is 15.1. The molecule has 0 saturated heterocycles. The first kappa shape index (κ1) is 20.0. The van der Waals surface area contributed by atoms with Crippen molar-refractivity contribution < 1.29 is 18.7 Å². The molecule has 0 saturated carbocycles. The van der Waals surface area contributed by atoms with Gasteiger partial charge in [0.15, 0.2) is 0 Å². The second kappa shape index (κ2) is 8.19. The van der Waals surface area contributed by atoms with E-state index < -0.39 is 0 Å². The van der Waals surface area contributed by atoms with Gasteiger partial charge in [0.25, 0.3) is 5.91 Å². The van der Waals surface area contributed by atoms with Gasteiger partial charge >= 0.3 is 0 Å². The van der Waals surface area contributed by atoms with Gasteiger partial charge in [-0.1, -0.05) is 18.2 Å². The predicted octanol–water partition coefficient (Wildman–Crippen LogP) is 5.02. The zero-order valence-electron chi connectivity index (χ0n) is 17.4. The topological polar surface area (TPSA) is 38.8 Å². The number of carbonyl (C=O) groups excluding carboxylic acids is 1. The summed E-state index contributed by atoms with van der Waals surface area (Å²) in [7, 11) is 3.22. The Bertz CT molecular complexity index is 1090. The third-order valence-corrected chi connectivity index (χ3v) is 5.59. The Hall–Kier alpha value is -3.34. The monoisotopic (exact) mass is 405 g/mol. The average molecular weight is 405 g/mol. The zero-order valence-corrected chi connectivity index (χ0v) is 17.4. The second-order valence-electron chi connectivity index (χ2n) is 7.49. The minimum absolute atomic E-state index is 0.000323.